The first-order valence-corrected chi connectivity index (χ1v) is 30.2. The number of allylic oxidation sites excluding steroid dienone is 1. The number of piperazine rings is 2. The van der Waals surface area contributed by atoms with Crippen LogP contribution in [0.4, 0.5) is 32.0 Å². The maximum atomic E-state index is 14.8. The number of nitrogens with one attached hydrogen (secondary N) is 2. The fourth-order valence-corrected chi connectivity index (χ4v) is 12.1. The van der Waals surface area contributed by atoms with Crippen LogP contribution in [0, 0.1) is 0 Å². The summed E-state index contributed by atoms with van der Waals surface area (Å²) in [5, 5.41) is 10.5. The topological polar surface area (TPSA) is 146 Å². The number of benzene rings is 5. The first-order chi connectivity index (χ1) is 44.5. The average Bonchev–Trinajstić information content (AvgIpc) is 0.761. The molecule has 1 amide bonds. The molecule has 11 aromatic rings. The fourth-order valence-electron chi connectivity index (χ4n) is 12.1. The highest BCUT2D eigenvalue weighted by molar-refractivity contribution is 6.08. The second-order valence-corrected chi connectivity index (χ2v) is 22.7. The van der Waals surface area contributed by atoms with E-state index in [9.17, 15) is 40.7 Å². The number of nitrogens with zero attached hydrogens (tertiary/aromatic N) is 9. The summed E-state index contributed by atoms with van der Waals surface area (Å²) in [6.07, 6.45) is 2.89. The molecular weight excluding hydrogens is 1180 g/mol. The van der Waals surface area contributed by atoms with E-state index in [0.29, 0.717) is 81.8 Å². The van der Waals surface area contributed by atoms with Crippen molar-refractivity contribution in [3.8, 4) is 33.6 Å². The molecule has 2 aliphatic rings. The summed E-state index contributed by atoms with van der Waals surface area (Å²) in [5.74, 6) is -0.174. The van der Waals surface area contributed by atoms with E-state index in [1.54, 1.807) is 73.3 Å². The number of hydrogen-bond donors (Lipinski definition) is 2. The van der Waals surface area contributed by atoms with Crippen LogP contribution in [0.5, 0.6) is 0 Å². The number of anilines is 1. The molecule has 2 fully saturated rings. The highest BCUT2D eigenvalue weighted by Crippen LogP contribution is 2.41. The van der Waals surface area contributed by atoms with Crippen molar-refractivity contribution in [3.63, 3.8) is 0 Å². The van der Waals surface area contributed by atoms with Crippen LogP contribution < -0.4 is 26.7 Å². The van der Waals surface area contributed by atoms with Crippen molar-refractivity contribution in [1.29, 1.82) is 0 Å². The van der Waals surface area contributed by atoms with Gasteiger partial charge >= 0.3 is 12.4 Å². The number of amides is 1. The van der Waals surface area contributed by atoms with Crippen molar-refractivity contribution in [3.05, 3.63) is 238 Å². The third-order valence-electron chi connectivity index (χ3n) is 16.8. The van der Waals surface area contributed by atoms with Gasteiger partial charge in [0.1, 0.15) is 0 Å². The molecule has 0 unspecified atom stereocenters. The summed E-state index contributed by atoms with van der Waals surface area (Å²) < 4.78 is 90.2. The van der Waals surface area contributed by atoms with Crippen LogP contribution in [-0.4, -0.2) is 117 Å². The molecule has 20 heteroatoms. The molecule has 13 rings (SSSR count). The van der Waals surface area contributed by atoms with Gasteiger partial charge in [0.15, 0.2) is 0 Å². The smallest absolute Gasteiger partial charge is 0.368 e. The highest BCUT2D eigenvalue weighted by Gasteiger charge is 2.37. The van der Waals surface area contributed by atoms with Gasteiger partial charge in [0.05, 0.1) is 45.4 Å². The van der Waals surface area contributed by atoms with Gasteiger partial charge in [-0.15, -0.1) is 0 Å². The highest BCUT2D eigenvalue weighted by atomic mass is 19.4. The zero-order chi connectivity index (χ0) is 64.1. The predicted molar refractivity (Wildman–Crippen MR) is 352 cm³/mol. The molecule has 92 heavy (non-hydrogen) atoms. The lowest BCUT2D eigenvalue weighted by Gasteiger charge is -2.32. The Bertz CT molecular complexity index is 4790. The largest absolute Gasteiger partial charge is 0.418 e. The van der Waals surface area contributed by atoms with Gasteiger partial charge in [0.25, 0.3) is 11.1 Å². The molecule has 0 bridgehead atoms. The molecule has 0 radical (unpaired) electrons. The third kappa shape index (κ3) is 13.3. The molecular formula is C72H63F6N11O3. The molecule has 14 nitrogen and oxygen atoms in total. The van der Waals surface area contributed by atoms with Crippen LogP contribution in [0.3, 0.4) is 0 Å². The van der Waals surface area contributed by atoms with Crippen LogP contribution in [0.15, 0.2) is 211 Å². The van der Waals surface area contributed by atoms with Gasteiger partial charge < -0.3 is 20.4 Å². The summed E-state index contributed by atoms with van der Waals surface area (Å²) >= 11 is 0. The monoisotopic (exact) mass is 1240 g/mol. The Balaban J connectivity index is 0.000000181. The summed E-state index contributed by atoms with van der Waals surface area (Å²) in [4.78, 5) is 63.5. The Morgan fingerprint density at radius 2 is 1.17 bits per heavy atom. The third-order valence-corrected chi connectivity index (χ3v) is 16.8. The Hall–Kier alpha value is -10.2. The number of rotatable bonds is 11. The summed E-state index contributed by atoms with van der Waals surface area (Å²) in [6, 6.07) is 44.7. The molecule has 0 saturated carbocycles. The van der Waals surface area contributed by atoms with Crippen molar-refractivity contribution >= 4 is 71.6 Å². The summed E-state index contributed by atoms with van der Waals surface area (Å²) in [6.45, 7) is 7.61. The van der Waals surface area contributed by atoms with Crippen molar-refractivity contribution < 1.29 is 31.1 Å². The Morgan fingerprint density at radius 3 is 1.85 bits per heavy atom. The van der Waals surface area contributed by atoms with Crippen molar-refractivity contribution in [2.75, 3.05) is 77.4 Å². The number of carbonyl (C=O) groups excluding carboxylic acids is 1. The summed E-state index contributed by atoms with van der Waals surface area (Å²) in [7, 11) is 2.04. The Labute approximate surface area is 525 Å². The lowest BCUT2D eigenvalue weighted by Crippen LogP contribution is -2.48. The van der Waals surface area contributed by atoms with Crippen LogP contribution in [-0.2, 0) is 17.1 Å². The molecule has 2 saturated heterocycles. The molecule has 8 heterocycles. The van der Waals surface area contributed by atoms with E-state index in [2.05, 4.69) is 40.4 Å². The number of hydrogen-bond acceptors (Lipinski definition) is 11. The molecule has 466 valence electrons. The second kappa shape index (κ2) is 26.7. The van der Waals surface area contributed by atoms with Gasteiger partial charge in [-0.2, -0.15) is 26.3 Å². The van der Waals surface area contributed by atoms with Crippen LogP contribution in [0.25, 0.3) is 93.6 Å². The maximum Gasteiger partial charge on any atom is 0.418 e. The summed E-state index contributed by atoms with van der Waals surface area (Å²) in [5.41, 5.74) is 3.79. The van der Waals surface area contributed by atoms with Gasteiger partial charge in [-0.3, -0.25) is 48.4 Å². The minimum absolute atomic E-state index is 0.00309. The minimum atomic E-state index is -4.71. The van der Waals surface area contributed by atoms with Gasteiger partial charge in [-0.05, 0) is 119 Å². The first kappa shape index (κ1) is 62.1. The molecule has 0 aliphatic carbocycles. The molecule has 6 aromatic heterocycles. The van der Waals surface area contributed by atoms with E-state index < -0.39 is 34.6 Å². The second-order valence-electron chi connectivity index (χ2n) is 22.7. The number of carbonyl (C=O) groups is 1. The first-order valence-electron chi connectivity index (χ1n) is 30.2. The lowest BCUT2D eigenvalue weighted by molar-refractivity contribution is -0.138. The van der Waals surface area contributed by atoms with Crippen LogP contribution in [0.2, 0.25) is 0 Å². The van der Waals surface area contributed by atoms with E-state index in [1.165, 1.54) is 39.5 Å². The van der Waals surface area contributed by atoms with Crippen LogP contribution in [0.1, 0.15) is 30.0 Å². The van der Waals surface area contributed by atoms with E-state index in [4.69, 9.17) is 0 Å². The number of likely N-dealkylation sites (N-methyl/N-ethyl adjacent to an activating group) is 1. The number of aromatic nitrogens is 6. The van der Waals surface area contributed by atoms with Crippen molar-refractivity contribution in [2.45, 2.75) is 25.7 Å². The number of fused-ring (bicyclic) bond motifs is 7. The fraction of sp³-hybridized carbons (Fsp3) is 0.208. The van der Waals surface area contributed by atoms with Crippen LogP contribution >= 0.6 is 0 Å². The Morgan fingerprint density at radius 1 is 0.565 bits per heavy atom. The van der Waals surface area contributed by atoms with E-state index in [-0.39, 0.29) is 41.6 Å². The molecule has 2 aliphatic heterocycles. The zero-order valence-corrected chi connectivity index (χ0v) is 50.3. The van der Waals surface area contributed by atoms with Gasteiger partial charge in [-0.1, -0.05) is 85.8 Å². The maximum absolute atomic E-state index is 14.8. The quantitative estimate of drug-likeness (QED) is 0.0942. The van der Waals surface area contributed by atoms with Gasteiger partial charge in [-0.25, -0.2) is 0 Å². The number of pyridine rings is 5. The Kier molecular flexibility index (Phi) is 18.0. The normalized spacial score (nSPS) is 14.3. The minimum Gasteiger partial charge on any atom is -0.368 e. The molecule has 0 spiro atoms. The standard InChI is InChI=1S/C40H39F3N6O2.C32H24F3N5O/c1-3-28(16-18-45-37(50)27-48-21-19-47(2)20-22-48)33-13-12-32(24-35(33)40(41,42)43)49-38(51)15-11-31-26-46-36-14-10-29(23-34(36)39(31)49)30-9-7-5-4-6-8-17-44-25-30;33-32(34,35)27-16-23(7-9-29(27)39-13-11-36-12-14-39)40-30(41)10-6-22-18-38-28-8-5-20(15-25(28)31(22)40)26-19-37-17-21-3-1-2-4-24(21)26/h4-17,23-26H,3,18-22,27H2,1-2H3,(H,45,50);1-10,15-19,36H,11-14H2/b5-4?,6-4?,7-5?,8-6?,9-7?,17-8?,28-16+,30-9?,30-25?,44-17?,44-25?;. The van der Waals surface area contributed by atoms with E-state index in [1.807, 2.05) is 104 Å². The molecule has 0 atom stereocenters. The van der Waals surface area contributed by atoms with Crippen molar-refractivity contribution in [1.82, 2.24) is 49.5 Å². The predicted octanol–water partition coefficient (Wildman–Crippen LogP) is 13.1. The molecule has 2 N–H and O–H groups in total. The number of halogens is 6. The van der Waals surface area contributed by atoms with Crippen molar-refractivity contribution in [2.24, 2.45) is 0 Å². The average molecular weight is 1240 g/mol. The SMILES string of the molecule is CC/C(=C\CNC(=O)CN1CCN(C)CC1)c1ccc(-n2c(=O)ccc3cnc4ccc(-c5cccccccnc5)cc4c32)cc1C(F)(F)F.O=c1ccc2cnc3ccc(-c4cncc5ccccc45)cc3c2n1-c1ccc(N2CCNCC2)c(C(F)(F)F)c1. The van der Waals surface area contributed by atoms with Gasteiger partial charge in [0, 0.05) is 152 Å². The zero-order valence-electron chi connectivity index (χ0n) is 50.3. The molecule has 5 aromatic carbocycles. The lowest BCUT2D eigenvalue weighted by atomic mass is 9.96. The van der Waals surface area contributed by atoms with E-state index >= 15 is 0 Å². The van der Waals surface area contributed by atoms with E-state index in [0.717, 1.165) is 71.3 Å². The number of alkyl halides is 6. The van der Waals surface area contributed by atoms with Gasteiger partial charge in [0.2, 0.25) is 5.91 Å².